The van der Waals surface area contributed by atoms with Crippen molar-refractivity contribution in [3.05, 3.63) is 17.8 Å². The first kappa shape index (κ1) is 13.7. The molecule has 1 N–H and O–H groups in total. The molecule has 19 heavy (non-hydrogen) atoms. The van der Waals surface area contributed by atoms with Crippen LogP contribution < -0.4 is 5.43 Å². The number of nitrogens with one attached hydrogen (secondary N) is 1. The molecule has 0 aliphatic carbocycles. The van der Waals surface area contributed by atoms with Crippen molar-refractivity contribution in [3.63, 3.8) is 0 Å². The number of anilines is 1. The Morgan fingerprint density at radius 3 is 2.42 bits per heavy atom. The maximum absolute atomic E-state index is 11.7. The van der Waals surface area contributed by atoms with Gasteiger partial charge in [0, 0.05) is 40.3 Å². The summed E-state index contributed by atoms with van der Waals surface area (Å²) in [4.78, 5) is 15.4. The van der Waals surface area contributed by atoms with Crippen LogP contribution in [0, 0.1) is 0 Å². The lowest BCUT2D eigenvalue weighted by atomic mass is 10.3. The topological polar surface area (TPSA) is 64.6 Å². The van der Waals surface area contributed by atoms with Gasteiger partial charge in [0.1, 0.15) is 0 Å². The van der Waals surface area contributed by atoms with Gasteiger partial charge in [0.05, 0.1) is 0 Å². The lowest BCUT2D eigenvalue weighted by Gasteiger charge is -2.32. The van der Waals surface area contributed by atoms with Gasteiger partial charge >= 0.3 is 0 Å². The number of piperazine rings is 1. The fraction of sp³-hybridized carbons (Fsp3) is 0.583. The van der Waals surface area contributed by atoms with Gasteiger partial charge in [-0.1, -0.05) is 0 Å². The van der Waals surface area contributed by atoms with E-state index in [4.69, 9.17) is 0 Å². The molecule has 0 spiro atoms. The zero-order valence-corrected chi connectivity index (χ0v) is 11.6. The number of hydrazine groups is 1. The summed E-state index contributed by atoms with van der Waals surface area (Å²) in [5, 5.41) is 10.1. The average Bonchev–Trinajstić information content (AvgIpc) is 2.41. The number of likely N-dealkylation sites (N-methyl/N-ethyl adjacent to an activating group) is 1. The average molecular weight is 264 g/mol. The van der Waals surface area contributed by atoms with Gasteiger partial charge in [0.2, 0.25) is 0 Å². The van der Waals surface area contributed by atoms with E-state index < -0.39 is 0 Å². The SMILES string of the molecule is CN1CCN(Nc2ccc(C(=O)N(C)C)nn2)CC1. The monoisotopic (exact) mass is 264 g/mol. The molecule has 2 heterocycles. The number of rotatable bonds is 3. The highest BCUT2D eigenvalue weighted by Crippen LogP contribution is 2.06. The molecule has 0 saturated carbocycles. The van der Waals surface area contributed by atoms with E-state index in [2.05, 4.69) is 32.6 Å². The molecule has 0 unspecified atom stereocenters. The number of nitrogens with zero attached hydrogens (tertiary/aromatic N) is 5. The third-order valence-corrected chi connectivity index (χ3v) is 3.07. The van der Waals surface area contributed by atoms with E-state index in [1.165, 1.54) is 4.90 Å². The van der Waals surface area contributed by atoms with Gasteiger partial charge in [-0.05, 0) is 19.2 Å². The fourth-order valence-electron chi connectivity index (χ4n) is 1.82. The molecule has 7 nitrogen and oxygen atoms in total. The number of carbonyl (C=O) groups is 1. The van der Waals surface area contributed by atoms with E-state index in [-0.39, 0.29) is 5.91 Å². The molecule has 0 aromatic carbocycles. The standard InChI is InChI=1S/C12H20N6O/c1-16(2)12(19)10-4-5-11(14-13-10)15-18-8-6-17(3)7-9-18/h4-5H,6-9H2,1-3H3,(H,14,15). The second-order valence-electron chi connectivity index (χ2n) is 4.91. The van der Waals surface area contributed by atoms with Crippen molar-refractivity contribution in [3.8, 4) is 0 Å². The Morgan fingerprint density at radius 1 is 1.21 bits per heavy atom. The molecule has 0 bridgehead atoms. The molecular formula is C12H20N6O. The third kappa shape index (κ3) is 3.62. The normalized spacial score (nSPS) is 17.2. The van der Waals surface area contributed by atoms with Crippen molar-refractivity contribution in [1.82, 2.24) is 25.0 Å². The van der Waals surface area contributed by atoms with Crippen LogP contribution in [-0.4, -0.2) is 78.2 Å². The zero-order valence-electron chi connectivity index (χ0n) is 11.6. The Balaban J connectivity index is 1.93. The van der Waals surface area contributed by atoms with Gasteiger partial charge in [0.25, 0.3) is 5.91 Å². The number of hydrogen-bond donors (Lipinski definition) is 1. The summed E-state index contributed by atoms with van der Waals surface area (Å²) in [6.45, 7) is 3.93. The van der Waals surface area contributed by atoms with Crippen LogP contribution in [0.25, 0.3) is 0 Å². The summed E-state index contributed by atoms with van der Waals surface area (Å²) in [6.07, 6.45) is 0. The van der Waals surface area contributed by atoms with Gasteiger partial charge in [-0.15, -0.1) is 10.2 Å². The van der Waals surface area contributed by atoms with Crippen LogP contribution in [0.15, 0.2) is 12.1 Å². The van der Waals surface area contributed by atoms with Crippen molar-refractivity contribution in [1.29, 1.82) is 0 Å². The molecule has 104 valence electrons. The first-order chi connectivity index (χ1) is 9.06. The highest BCUT2D eigenvalue weighted by molar-refractivity contribution is 5.91. The van der Waals surface area contributed by atoms with Gasteiger partial charge in [0.15, 0.2) is 11.5 Å². The third-order valence-electron chi connectivity index (χ3n) is 3.07. The smallest absolute Gasteiger partial charge is 0.273 e. The van der Waals surface area contributed by atoms with Crippen molar-refractivity contribution in [2.45, 2.75) is 0 Å². The van der Waals surface area contributed by atoms with Crippen LogP contribution in [0.3, 0.4) is 0 Å². The van der Waals surface area contributed by atoms with Crippen molar-refractivity contribution < 1.29 is 4.79 Å². The van der Waals surface area contributed by atoms with Gasteiger partial charge < -0.3 is 15.2 Å². The van der Waals surface area contributed by atoms with Crippen molar-refractivity contribution in [2.75, 3.05) is 52.7 Å². The Bertz CT molecular complexity index is 424. The van der Waals surface area contributed by atoms with E-state index in [0.717, 1.165) is 26.2 Å². The van der Waals surface area contributed by atoms with Gasteiger partial charge in [-0.3, -0.25) is 4.79 Å². The predicted octanol–water partition coefficient (Wildman–Crippen LogP) is -0.247. The molecule has 1 saturated heterocycles. The minimum absolute atomic E-state index is 0.140. The Kier molecular flexibility index (Phi) is 4.28. The van der Waals surface area contributed by atoms with Crippen LogP contribution in [-0.2, 0) is 0 Å². The number of amides is 1. The first-order valence-corrected chi connectivity index (χ1v) is 6.32. The summed E-state index contributed by atoms with van der Waals surface area (Å²) in [6, 6.07) is 3.47. The molecule has 0 atom stereocenters. The summed E-state index contributed by atoms with van der Waals surface area (Å²) < 4.78 is 0. The van der Waals surface area contributed by atoms with E-state index >= 15 is 0 Å². The number of hydrogen-bond acceptors (Lipinski definition) is 6. The van der Waals surface area contributed by atoms with Crippen LogP contribution in [0.2, 0.25) is 0 Å². The van der Waals surface area contributed by atoms with Gasteiger partial charge in [-0.2, -0.15) is 0 Å². The molecule has 1 aliphatic heterocycles. The molecular weight excluding hydrogens is 244 g/mol. The largest absolute Gasteiger partial charge is 0.343 e. The lowest BCUT2D eigenvalue weighted by Crippen LogP contribution is -2.47. The quantitative estimate of drug-likeness (QED) is 0.812. The number of carbonyl (C=O) groups excluding carboxylic acids is 1. The van der Waals surface area contributed by atoms with Crippen molar-refractivity contribution >= 4 is 11.7 Å². The second-order valence-corrected chi connectivity index (χ2v) is 4.91. The highest BCUT2D eigenvalue weighted by atomic mass is 16.2. The first-order valence-electron chi connectivity index (χ1n) is 6.32. The van der Waals surface area contributed by atoms with Crippen LogP contribution in [0.5, 0.6) is 0 Å². The molecule has 1 fully saturated rings. The molecule has 0 radical (unpaired) electrons. The van der Waals surface area contributed by atoms with E-state index in [9.17, 15) is 4.79 Å². The Labute approximate surface area is 113 Å². The predicted molar refractivity (Wildman–Crippen MR) is 72.7 cm³/mol. The summed E-state index contributed by atoms with van der Waals surface area (Å²) in [5.41, 5.74) is 3.56. The van der Waals surface area contributed by atoms with Crippen LogP contribution in [0.4, 0.5) is 5.82 Å². The highest BCUT2D eigenvalue weighted by Gasteiger charge is 2.15. The molecule has 2 rings (SSSR count). The second kappa shape index (κ2) is 5.94. The molecule has 7 heteroatoms. The Hall–Kier alpha value is -1.73. The molecule has 1 aromatic rings. The minimum atomic E-state index is -0.140. The summed E-state index contributed by atoms with van der Waals surface area (Å²) in [5.74, 6) is 0.526. The zero-order chi connectivity index (χ0) is 13.8. The van der Waals surface area contributed by atoms with Gasteiger partial charge in [-0.25, -0.2) is 5.01 Å². The maximum Gasteiger partial charge on any atom is 0.273 e. The Morgan fingerprint density at radius 2 is 1.89 bits per heavy atom. The van der Waals surface area contributed by atoms with Crippen LogP contribution in [0.1, 0.15) is 10.5 Å². The minimum Gasteiger partial charge on any atom is -0.343 e. The molecule has 1 aromatic heterocycles. The molecule has 1 aliphatic rings. The maximum atomic E-state index is 11.7. The lowest BCUT2D eigenvalue weighted by molar-refractivity contribution is 0.0821. The van der Waals surface area contributed by atoms with E-state index in [1.54, 1.807) is 26.2 Å². The number of aromatic nitrogens is 2. The van der Waals surface area contributed by atoms with E-state index in [1.807, 2.05) is 0 Å². The summed E-state index contributed by atoms with van der Waals surface area (Å²) >= 11 is 0. The van der Waals surface area contributed by atoms with E-state index in [0.29, 0.717) is 11.5 Å². The van der Waals surface area contributed by atoms with Crippen LogP contribution >= 0.6 is 0 Å². The fourth-order valence-corrected chi connectivity index (χ4v) is 1.82. The van der Waals surface area contributed by atoms with Crippen molar-refractivity contribution in [2.24, 2.45) is 0 Å². The summed E-state index contributed by atoms with van der Waals surface area (Å²) in [7, 11) is 5.50. The molecule has 1 amide bonds.